The lowest BCUT2D eigenvalue weighted by Crippen LogP contribution is -2.51. The van der Waals surface area contributed by atoms with E-state index < -0.39 is 0 Å². The molecule has 0 saturated carbocycles. The van der Waals surface area contributed by atoms with Crippen LogP contribution in [-0.2, 0) is 17.9 Å². The van der Waals surface area contributed by atoms with Crippen LogP contribution >= 0.6 is 0 Å². The van der Waals surface area contributed by atoms with Crippen LogP contribution in [0, 0.1) is 0 Å². The predicted molar refractivity (Wildman–Crippen MR) is 99.2 cm³/mol. The zero-order valence-electron chi connectivity index (χ0n) is 14.5. The zero-order valence-corrected chi connectivity index (χ0v) is 14.5. The van der Waals surface area contributed by atoms with Crippen LogP contribution < -0.4 is 5.32 Å². The maximum absolute atomic E-state index is 13.0. The van der Waals surface area contributed by atoms with Gasteiger partial charge in [0.25, 0.3) is 0 Å². The Balaban J connectivity index is 1.37. The zero-order chi connectivity index (χ0) is 17.1. The number of rotatable bonds is 3. The Morgan fingerprint density at radius 1 is 0.960 bits per heavy atom. The first-order valence-corrected chi connectivity index (χ1v) is 9.15. The van der Waals surface area contributed by atoms with Crippen LogP contribution in [0.2, 0.25) is 0 Å². The standard InChI is InChI=1S/C21H25N3O/c25-21(20-15-22-14-18-8-4-5-9-19(18)20)24-12-10-23(11-13-24)16-17-6-2-1-3-7-17/h1-9,20,22H,10-16H2. The van der Waals surface area contributed by atoms with E-state index in [0.29, 0.717) is 0 Å². The quantitative estimate of drug-likeness (QED) is 0.934. The molecule has 130 valence electrons. The molecule has 4 rings (SSSR count). The second-order valence-electron chi connectivity index (χ2n) is 6.97. The molecule has 4 heteroatoms. The number of nitrogens with one attached hydrogen (secondary N) is 1. The van der Waals surface area contributed by atoms with Gasteiger partial charge in [-0.3, -0.25) is 9.69 Å². The number of carbonyl (C=O) groups is 1. The second kappa shape index (κ2) is 7.38. The van der Waals surface area contributed by atoms with Crippen molar-refractivity contribution in [3.63, 3.8) is 0 Å². The Kier molecular flexibility index (Phi) is 4.81. The Morgan fingerprint density at radius 3 is 2.48 bits per heavy atom. The molecule has 2 aromatic carbocycles. The molecule has 1 saturated heterocycles. The van der Waals surface area contributed by atoms with E-state index in [1.54, 1.807) is 0 Å². The van der Waals surface area contributed by atoms with Crippen molar-refractivity contribution in [2.45, 2.75) is 19.0 Å². The summed E-state index contributed by atoms with van der Waals surface area (Å²) in [5, 5.41) is 3.39. The summed E-state index contributed by atoms with van der Waals surface area (Å²) in [5.74, 6) is 0.240. The second-order valence-corrected chi connectivity index (χ2v) is 6.97. The highest BCUT2D eigenvalue weighted by molar-refractivity contribution is 5.85. The van der Waals surface area contributed by atoms with Gasteiger partial charge in [0.05, 0.1) is 5.92 Å². The summed E-state index contributed by atoms with van der Waals surface area (Å²) < 4.78 is 0. The maximum Gasteiger partial charge on any atom is 0.231 e. The maximum atomic E-state index is 13.0. The van der Waals surface area contributed by atoms with Crippen molar-refractivity contribution in [2.75, 3.05) is 32.7 Å². The summed E-state index contributed by atoms with van der Waals surface area (Å²) in [7, 11) is 0. The van der Waals surface area contributed by atoms with Crippen molar-refractivity contribution in [1.29, 1.82) is 0 Å². The van der Waals surface area contributed by atoms with Crippen molar-refractivity contribution >= 4 is 5.91 Å². The molecule has 1 amide bonds. The molecule has 1 atom stereocenters. The normalized spacial score (nSPS) is 21.0. The Bertz CT molecular complexity index is 723. The van der Waals surface area contributed by atoms with Crippen LogP contribution in [-0.4, -0.2) is 48.4 Å². The molecule has 2 aromatic rings. The summed E-state index contributed by atoms with van der Waals surface area (Å²) in [6.45, 7) is 6.13. The average molecular weight is 335 g/mol. The first-order chi connectivity index (χ1) is 12.3. The third-order valence-corrected chi connectivity index (χ3v) is 5.33. The highest BCUT2D eigenvalue weighted by Crippen LogP contribution is 2.26. The largest absolute Gasteiger partial charge is 0.340 e. The van der Waals surface area contributed by atoms with E-state index in [1.165, 1.54) is 16.7 Å². The summed E-state index contributed by atoms with van der Waals surface area (Å²) in [4.78, 5) is 17.5. The van der Waals surface area contributed by atoms with Gasteiger partial charge in [-0.1, -0.05) is 54.6 Å². The van der Waals surface area contributed by atoms with E-state index in [9.17, 15) is 4.79 Å². The number of benzene rings is 2. The molecule has 1 N–H and O–H groups in total. The Hall–Kier alpha value is -2.17. The van der Waals surface area contributed by atoms with Gasteiger partial charge in [-0.25, -0.2) is 0 Å². The minimum Gasteiger partial charge on any atom is -0.340 e. The number of carbonyl (C=O) groups excluding carboxylic acids is 1. The molecular formula is C21H25N3O. The van der Waals surface area contributed by atoms with E-state index in [-0.39, 0.29) is 11.8 Å². The number of fused-ring (bicyclic) bond motifs is 1. The Labute approximate surface area is 149 Å². The monoisotopic (exact) mass is 335 g/mol. The topological polar surface area (TPSA) is 35.6 Å². The fourth-order valence-electron chi connectivity index (χ4n) is 3.90. The van der Waals surface area contributed by atoms with Gasteiger partial charge in [-0.05, 0) is 16.7 Å². The molecule has 0 aliphatic carbocycles. The molecule has 1 fully saturated rings. The van der Waals surface area contributed by atoms with E-state index >= 15 is 0 Å². The molecule has 2 heterocycles. The number of amides is 1. The summed E-state index contributed by atoms with van der Waals surface area (Å²) in [5.41, 5.74) is 3.81. The molecule has 25 heavy (non-hydrogen) atoms. The van der Waals surface area contributed by atoms with Gasteiger partial charge in [0.1, 0.15) is 0 Å². The summed E-state index contributed by atoms with van der Waals surface area (Å²) in [6.07, 6.45) is 0. The predicted octanol–water partition coefficient (Wildman–Crippen LogP) is 2.22. The molecule has 0 spiro atoms. The van der Waals surface area contributed by atoms with Gasteiger partial charge in [0.2, 0.25) is 5.91 Å². The van der Waals surface area contributed by atoms with E-state index in [1.807, 2.05) is 6.07 Å². The number of nitrogens with zero attached hydrogens (tertiary/aromatic N) is 2. The highest BCUT2D eigenvalue weighted by Gasteiger charge is 2.31. The van der Waals surface area contributed by atoms with Crippen LogP contribution in [0.4, 0.5) is 0 Å². The lowest BCUT2D eigenvalue weighted by Gasteiger charge is -2.37. The molecular weight excluding hydrogens is 310 g/mol. The lowest BCUT2D eigenvalue weighted by molar-refractivity contribution is -0.134. The number of hydrogen-bond acceptors (Lipinski definition) is 3. The highest BCUT2D eigenvalue weighted by atomic mass is 16.2. The van der Waals surface area contributed by atoms with E-state index in [4.69, 9.17) is 0 Å². The number of piperazine rings is 1. The van der Waals surface area contributed by atoms with Crippen molar-refractivity contribution < 1.29 is 4.79 Å². The number of hydrogen-bond donors (Lipinski definition) is 1. The fourth-order valence-corrected chi connectivity index (χ4v) is 3.90. The molecule has 1 unspecified atom stereocenters. The van der Waals surface area contributed by atoms with Crippen LogP contribution in [0.3, 0.4) is 0 Å². The van der Waals surface area contributed by atoms with Gasteiger partial charge in [-0.2, -0.15) is 0 Å². The van der Waals surface area contributed by atoms with Crippen LogP contribution in [0.5, 0.6) is 0 Å². The Morgan fingerprint density at radius 2 is 1.68 bits per heavy atom. The van der Waals surface area contributed by atoms with E-state index in [2.05, 4.69) is 63.6 Å². The molecule has 4 nitrogen and oxygen atoms in total. The first-order valence-electron chi connectivity index (χ1n) is 9.15. The van der Waals surface area contributed by atoms with Crippen molar-refractivity contribution in [1.82, 2.24) is 15.1 Å². The van der Waals surface area contributed by atoms with Gasteiger partial charge in [0.15, 0.2) is 0 Å². The van der Waals surface area contributed by atoms with Gasteiger partial charge < -0.3 is 10.2 Å². The third-order valence-electron chi connectivity index (χ3n) is 5.33. The average Bonchev–Trinajstić information content (AvgIpc) is 2.68. The molecule has 0 radical (unpaired) electrons. The minimum absolute atomic E-state index is 0.0365. The molecule has 0 aromatic heterocycles. The minimum atomic E-state index is -0.0365. The van der Waals surface area contributed by atoms with E-state index in [0.717, 1.165) is 45.8 Å². The van der Waals surface area contributed by atoms with Gasteiger partial charge >= 0.3 is 0 Å². The third kappa shape index (κ3) is 3.60. The lowest BCUT2D eigenvalue weighted by atomic mass is 9.89. The fraction of sp³-hybridized carbons (Fsp3) is 0.381. The van der Waals surface area contributed by atoms with Crippen molar-refractivity contribution in [2.24, 2.45) is 0 Å². The van der Waals surface area contributed by atoms with Gasteiger partial charge in [0, 0.05) is 45.8 Å². The van der Waals surface area contributed by atoms with Crippen LogP contribution in [0.15, 0.2) is 54.6 Å². The summed E-state index contributed by atoms with van der Waals surface area (Å²) in [6, 6.07) is 18.9. The van der Waals surface area contributed by atoms with Gasteiger partial charge in [-0.15, -0.1) is 0 Å². The molecule has 0 bridgehead atoms. The van der Waals surface area contributed by atoms with Crippen LogP contribution in [0.25, 0.3) is 0 Å². The smallest absolute Gasteiger partial charge is 0.231 e. The SMILES string of the molecule is O=C(C1CNCc2ccccc21)N1CCN(Cc2ccccc2)CC1. The van der Waals surface area contributed by atoms with Crippen molar-refractivity contribution in [3.8, 4) is 0 Å². The van der Waals surface area contributed by atoms with Crippen molar-refractivity contribution in [3.05, 3.63) is 71.3 Å². The summed E-state index contributed by atoms with van der Waals surface area (Å²) >= 11 is 0. The molecule has 2 aliphatic heterocycles. The molecule has 2 aliphatic rings. The van der Waals surface area contributed by atoms with Crippen LogP contribution in [0.1, 0.15) is 22.6 Å². The first kappa shape index (κ1) is 16.3.